The van der Waals surface area contributed by atoms with Gasteiger partial charge in [-0.3, -0.25) is 4.98 Å². The number of nitrogens with one attached hydrogen (secondary N) is 2. The van der Waals surface area contributed by atoms with Gasteiger partial charge in [-0.25, -0.2) is 0 Å². The Bertz CT molecular complexity index is 499. The van der Waals surface area contributed by atoms with Gasteiger partial charge < -0.3 is 10.6 Å². The molecule has 2 rings (SSSR count). The molecule has 1 heterocycles. The average Bonchev–Trinajstić information content (AvgIpc) is 2.47. The molecule has 19 heavy (non-hydrogen) atoms. The molecule has 4 heteroatoms. The van der Waals surface area contributed by atoms with E-state index >= 15 is 0 Å². The summed E-state index contributed by atoms with van der Waals surface area (Å²) in [5.41, 5.74) is 2.48. The van der Waals surface area contributed by atoms with Crippen LogP contribution >= 0.6 is 12.2 Å². The Morgan fingerprint density at radius 2 is 1.68 bits per heavy atom. The summed E-state index contributed by atoms with van der Waals surface area (Å²) in [7, 11) is 0. The minimum Gasteiger partial charge on any atom is -0.362 e. The highest BCUT2D eigenvalue weighted by atomic mass is 32.1. The van der Waals surface area contributed by atoms with E-state index in [9.17, 15) is 0 Å². The number of nitrogens with zero attached hydrogens (tertiary/aromatic N) is 1. The summed E-state index contributed by atoms with van der Waals surface area (Å²) in [5.74, 6) is 0. The maximum atomic E-state index is 5.23. The molecule has 0 fully saturated rings. The maximum absolute atomic E-state index is 5.23. The summed E-state index contributed by atoms with van der Waals surface area (Å²) in [6, 6.07) is 14.3. The lowest BCUT2D eigenvalue weighted by Gasteiger charge is -2.10. The second-order valence-electron chi connectivity index (χ2n) is 4.20. The Kier molecular flexibility index (Phi) is 5.31. The van der Waals surface area contributed by atoms with Gasteiger partial charge in [0, 0.05) is 25.5 Å². The number of thiocarbonyl (C=S) groups is 1. The van der Waals surface area contributed by atoms with Gasteiger partial charge in [0.1, 0.15) is 0 Å². The lowest BCUT2D eigenvalue weighted by molar-refractivity contribution is 0.814. The van der Waals surface area contributed by atoms with Gasteiger partial charge in [0.15, 0.2) is 5.11 Å². The molecule has 1 aromatic carbocycles. The predicted octanol–water partition coefficient (Wildman–Crippen LogP) is 2.29. The molecule has 0 saturated heterocycles. The molecule has 0 amide bonds. The van der Waals surface area contributed by atoms with E-state index in [1.54, 1.807) is 12.4 Å². The van der Waals surface area contributed by atoms with E-state index in [0.717, 1.165) is 19.5 Å². The SMILES string of the molecule is S=C(NCCc1ccccc1)NCc1ccncc1. The van der Waals surface area contributed by atoms with Crippen molar-refractivity contribution in [2.24, 2.45) is 0 Å². The van der Waals surface area contributed by atoms with Crippen LogP contribution in [0.4, 0.5) is 0 Å². The van der Waals surface area contributed by atoms with E-state index in [1.165, 1.54) is 11.1 Å². The number of aromatic nitrogens is 1. The second kappa shape index (κ2) is 7.48. The fraction of sp³-hybridized carbons (Fsp3) is 0.200. The van der Waals surface area contributed by atoms with Crippen LogP contribution in [0.25, 0.3) is 0 Å². The van der Waals surface area contributed by atoms with E-state index in [0.29, 0.717) is 5.11 Å². The van der Waals surface area contributed by atoms with Crippen molar-refractivity contribution in [2.75, 3.05) is 6.54 Å². The van der Waals surface area contributed by atoms with Gasteiger partial charge in [-0.15, -0.1) is 0 Å². The van der Waals surface area contributed by atoms with Gasteiger partial charge in [-0.1, -0.05) is 30.3 Å². The predicted molar refractivity (Wildman–Crippen MR) is 81.8 cm³/mol. The van der Waals surface area contributed by atoms with Crippen LogP contribution in [0.1, 0.15) is 11.1 Å². The fourth-order valence-electron chi connectivity index (χ4n) is 1.71. The lowest BCUT2D eigenvalue weighted by atomic mass is 10.1. The molecule has 0 radical (unpaired) electrons. The normalized spacial score (nSPS) is 9.89. The van der Waals surface area contributed by atoms with Gasteiger partial charge in [-0.05, 0) is 41.9 Å². The maximum Gasteiger partial charge on any atom is 0.166 e. The van der Waals surface area contributed by atoms with Crippen molar-refractivity contribution in [1.29, 1.82) is 0 Å². The molecule has 1 aromatic heterocycles. The minimum atomic E-state index is 0.688. The van der Waals surface area contributed by atoms with Crippen LogP contribution in [0.5, 0.6) is 0 Å². The summed E-state index contributed by atoms with van der Waals surface area (Å²) >= 11 is 5.23. The third-order valence-electron chi connectivity index (χ3n) is 2.74. The molecular weight excluding hydrogens is 254 g/mol. The smallest absolute Gasteiger partial charge is 0.166 e. The molecule has 0 atom stereocenters. The summed E-state index contributed by atoms with van der Waals surface area (Å²) in [6.45, 7) is 1.56. The Hall–Kier alpha value is -1.94. The molecule has 0 aliphatic heterocycles. The fourth-order valence-corrected chi connectivity index (χ4v) is 1.88. The zero-order valence-electron chi connectivity index (χ0n) is 10.7. The first-order valence-electron chi connectivity index (χ1n) is 6.29. The second-order valence-corrected chi connectivity index (χ2v) is 4.61. The first kappa shape index (κ1) is 13.5. The first-order chi connectivity index (χ1) is 9.34. The summed E-state index contributed by atoms with van der Waals surface area (Å²) < 4.78 is 0. The van der Waals surface area contributed by atoms with Crippen LogP contribution in [-0.4, -0.2) is 16.6 Å². The molecule has 0 saturated carbocycles. The molecular formula is C15H17N3S. The molecule has 0 aliphatic rings. The molecule has 0 unspecified atom stereocenters. The topological polar surface area (TPSA) is 37.0 Å². The van der Waals surface area contributed by atoms with E-state index in [2.05, 4.69) is 39.9 Å². The highest BCUT2D eigenvalue weighted by Gasteiger charge is 1.96. The van der Waals surface area contributed by atoms with Crippen LogP contribution < -0.4 is 10.6 Å². The van der Waals surface area contributed by atoms with Crippen molar-refractivity contribution < 1.29 is 0 Å². The number of pyridine rings is 1. The largest absolute Gasteiger partial charge is 0.362 e. The van der Waals surface area contributed by atoms with Crippen LogP contribution in [0.3, 0.4) is 0 Å². The highest BCUT2D eigenvalue weighted by Crippen LogP contribution is 1.98. The third-order valence-corrected chi connectivity index (χ3v) is 3.03. The highest BCUT2D eigenvalue weighted by molar-refractivity contribution is 7.80. The van der Waals surface area contributed by atoms with Crippen LogP contribution in [0.2, 0.25) is 0 Å². The van der Waals surface area contributed by atoms with Crippen LogP contribution in [-0.2, 0) is 13.0 Å². The van der Waals surface area contributed by atoms with E-state index in [-0.39, 0.29) is 0 Å². The van der Waals surface area contributed by atoms with Gasteiger partial charge in [-0.2, -0.15) is 0 Å². The molecule has 98 valence electrons. The van der Waals surface area contributed by atoms with Gasteiger partial charge >= 0.3 is 0 Å². The van der Waals surface area contributed by atoms with Crippen LogP contribution in [0.15, 0.2) is 54.9 Å². The Morgan fingerprint density at radius 3 is 2.42 bits per heavy atom. The first-order valence-corrected chi connectivity index (χ1v) is 6.70. The summed E-state index contributed by atoms with van der Waals surface area (Å²) in [6.07, 6.45) is 4.53. The molecule has 0 bridgehead atoms. The monoisotopic (exact) mass is 271 g/mol. The Morgan fingerprint density at radius 1 is 0.947 bits per heavy atom. The number of hydrogen-bond donors (Lipinski definition) is 2. The van der Waals surface area contributed by atoms with E-state index in [1.807, 2.05) is 18.2 Å². The lowest BCUT2D eigenvalue weighted by Crippen LogP contribution is -2.35. The zero-order valence-corrected chi connectivity index (χ0v) is 11.5. The number of benzene rings is 1. The summed E-state index contributed by atoms with van der Waals surface area (Å²) in [4.78, 5) is 3.98. The average molecular weight is 271 g/mol. The van der Waals surface area contributed by atoms with Crippen molar-refractivity contribution in [3.63, 3.8) is 0 Å². The van der Waals surface area contributed by atoms with Crippen molar-refractivity contribution in [3.8, 4) is 0 Å². The summed E-state index contributed by atoms with van der Waals surface area (Å²) in [5, 5.41) is 7.07. The van der Waals surface area contributed by atoms with Crippen LogP contribution in [0, 0.1) is 0 Å². The molecule has 0 spiro atoms. The van der Waals surface area contributed by atoms with E-state index < -0.39 is 0 Å². The quantitative estimate of drug-likeness (QED) is 0.818. The third kappa shape index (κ3) is 5.06. The molecule has 3 nitrogen and oxygen atoms in total. The minimum absolute atomic E-state index is 0.688. The van der Waals surface area contributed by atoms with Crippen molar-refractivity contribution in [3.05, 3.63) is 66.0 Å². The van der Waals surface area contributed by atoms with E-state index in [4.69, 9.17) is 12.2 Å². The molecule has 2 N–H and O–H groups in total. The molecule has 2 aromatic rings. The van der Waals surface area contributed by atoms with Crippen molar-refractivity contribution in [1.82, 2.24) is 15.6 Å². The van der Waals surface area contributed by atoms with Gasteiger partial charge in [0.25, 0.3) is 0 Å². The standard InChI is InChI=1S/C15H17N3S/c19-15(18-12-14-6-9-16-10-7-14)17-11-8-13-4-2-1-3-5-13/h1-7,9-10H,8,11-12H2,(H2,17,18,19). The number of hydrogen-bond acceptors (Lipinski definition) is 2. The van der Waals surface area contributed by atoms with Crippen molar-refractivity contribution in [2.45, 2.75) is 13.0 Å². The van der Waals surface area contributed by atoms with Gasteiger partial charge in [0.05, 0.1) is 0 Å². The zero-order chi connectivity index (χ0) is 13.3. The number of rotatable bonds is 5. The Labute approximate surface area is 119 Å². The molecule has 0 aliphatic carbocycles. The Balaban J connectivity index is 1.65. The van der Waals surface area contributed by atoms with Gasteiger partial charge in [0.2, 0.25) is 0 Å². The van der Waals surface area contributed by atoms with Crippen molar-refractivity contribution >= 4 is 17.3 Å².